The SMILES string of the molecule is Cc1ccc(NC(=O)c2cc(C(C)(C)C#N)ccn2)cc1C1=CN(C)C(O)C(N2CCOCC2)=C1. The Hall–Kier alpha value is -3.67. The molecule has 1 atom stereocenters. The molecule has 1 fully saturated rings. The first-order chi connectivity index (χ1) is 16.7. The highest BCUT2D eigenvalue weighted by Crippen LogP contribution is 2.31. The van der Waals surface area contributed by atoms with Gasteiger partial charge in [-0.15, -0.1) is 0 Å². The first-order valence-electron chi connectivity index (χ1n) is 11.7. The standard InChI is InChI=1S/C27H31N5O3/c1-18-5-6-21(30-25(33)23-14-20(7-8-29-23)27(2,3)17-28)15-22(18)19-13-24(26(34)31(4)16-19)32-9-11-35-12-10-32/h5-8,13-16,26,34H,9-12H2,1-4H3,(H,30,33). The van der Waals surface area contributed by atoms with Gasteiger partial charge in [0.1, 0.15) is 5.69 Å². The van der Waals surface area contributed by atoms with Crippen molar-refractivity contribution in [1.29, 1.82) is 5.26 Å². The first-order valence-corrected chi connectivity index (χ1v) is 11.7. The van der Waals surface area contributed by atoms with E-state index in [-0.39, 0.29) is 11.6 Å². The molecule has 8 nitrogen and oxygen atoms in total. The Balaban J connectivity index is 1.60. The van der Waals surface area contributed by atoms with Crippen LogP contribution in [-0.4, -0.2) is 65.4 Å². The number of pyridine rings is 1. The average Bonchev–Trinajstić information content (AvgIpc) is 2.87. The maximum Gasteiger partial charge on any atom is 0.274 e. The number of rotatable bonds is 5. The number of hydrogen-bond donors (Lipinski definition) is 2. The lowest BCUT2D eigenvalue weighted by Gasteiger charge is -2.38. The Bertz CT molecular complexity index is 1220. The third kappa shape index (κ3) is 5.21. The van der Waals surface area contributed by atoms with E-state index in [1.54, 1.807) is 37.1 Å². The number of benzene rings is 1. The minimum absolute atomic E-state index is 0.252. The van der Waals surface area contributed by atoms with Crippen molar-refractivity contribution in [2.75, 3.05) is 38.7 Å². The van der Waals surface area contributed by atoms with Crippen molar-refractivity contribution in [2.45, 2.75) is 32.4 Å². The minimum atomic E-state index is -0.726. The molecule has 0 spiro atoms. The average molecular weight is 474 g/mol. The van der Waals surface area contributed by atoms with Gasteiger partial charge in [0.25, 0.3) is 5.91 Å². The summed E-state index contributed by atoms with van der Waals surface area (Å²) in [6.45, 7) is 8.36. The van der Waals surface area contributed by atoms with Crippen LogP contribution in [0.4, 0.5) is 5.69 Å². The van der Waals surface area contributed by atoms with Gasteiger partial charge >= 0.3 is 0 Å². The molecular weight excluding hydrogens is 442 g/mol. The fourth-order valence-corrected chi connectivity index (χ4v) is 4.21. The van der Waals surface area contributed by atoms with Crippen molar-refractivity contribution in [3.63, 3.8) is 0 Å². The predicted octanol–water partition coefficient (Wildman–Crippen LogP) is 3.26. The third-order valence-corrected chi connectivity index (χ3v) is 6.47. The summed E-state index contributed by atoms with van der Waals surface area (Å²) in [4.78, 5) is 21.1. The van der Waals surface area contributed by atoms with E-state index in [1.165, 1.54) is 0 Å². The molecule has 0 saturated carbocycles. The number of likely N-dealkylation sites (N-methyl/N-ethyl adjacent to an activating group) is 1. The number of carbonyl (C=O) groups excluding carboxylic acids is 1. The highest BCUT2D eigenvalue weighted by atomic mass is 16.5. The van der Waals surface area contributed by atoms with E-state index < -0.39 is 11.6 Å². The molecule has 2 aliphatic rings. The maximum absolute atomic E-state index is 13.0. The number of nitrogens with zero attached hydrogens (tertiary/aromatic N) is 4. The number of ether oxygens (including phenoxy) is 1. The van der Waals surface area contributed by atoms with E-state index in [4.69, 9.17) is 4.74 Å². The molecule has 2 aliphatic heterocycles. The number of carbonyl (C=O) groups is 1. The number of amides is 1. The minimum Gasteiger partial charge on any atom is -0.378 e. The lowest BCUT2D eigenvalue weighted by atomic mass is 9.86. The second-order valence-corrected chi connectivity index (χ2v) is 9.44. The topological polar surface area (TPSA) is 102 Å². The summed E-state index contributed by atoms with van der Waals surface area (Å²) in [6.07, 6.45) is 4.75. The van der Waals surface area contributed by atoms with Gasteiger partial charge in [-0.2, -0.15) is 5.26 Å². The fraction of sp³-hybridized carbons (Fsp3) is 0.370. The Morgan fingerprint density at radius 3 is 2.71 bits per heavy atom. The first kappa shape index (κ1) is 24.5. The molecule has 8 heteroatoms. The van der Waals surface area contributed by atoms with Crippen LogP contribution in [0.2, 0.25) is 0 Å². The Labute approximate surface area is 206 Å². The molecule has 0 aliphatic carbocycles. The maximum atomic E-state index is 13.0. The van der Waals surface area contributed by atoms with Crippen molar-refractivity contribution >= 4 is 17.2 Å². The Morgan fingerprint density at radius 1 is 1.26 bits per heavy atom. The van der Waals surface area contributed by atoms with Crippen molar-refractivity contribution in [3.05, 3.63) is 76.9 Å². The molecule has 182 valence electrons. The Morgan fingerprint density at radius 2 is 2.00 bits per heavy atom. The van der Waals surface area contributed by atoms with Gasteiger partial charge in [-0.25, -0.2) is 0 Å². The van der Waals surface area contributed by atoms with E-state index in [9.17, 15) is 15.2 Å². The third-order valence-electron chi connectivity index (χ3n) is 6.47. The zero-order valence-electron chi connectivity index (χ0n) is 20.6. The molecular formula is C27H31N5O3. The van der Waals surface area contributed by atoms with Crippen LogP contribution in [0.1, 0.15) is 41.0 Å². The summed E-state index contributed by atoms with van der Waals surface area (Å²) in [7, 11) is 1.85. The molecule has 1 aromatic carbocycles. The van der Waals surface area contributed by atoms with Crippen molar-refractivity contribution in [1.82, 2.24) is 14.8 Å². The molecule has 0 radical (unpaired) electrons. The molecule has 3 heterocycles. The number of aliphatic hydroxyl groups is 1. The molecule has 35 heavy (non-hydrogen) atoms. The zero-order chi connectivity index (χ0) is 25.2. The van der Waals surface area contributed by atoms with Gasteiger partial charge in [0, 0.05) is 38.2 Å². The molecule has 1 aromatic heterocycles. The van der Waals surface area contributed by atoms with Crippen LogP contribution in [0.15, 0.2) is 54.5 Å². The molecule has 1 saturated heterocycles. The van der Waals surface area contributed by atoms with Gasteiger partial charge in [0.15, 0.2) is 6.23 Å². The van der Waals surface area contributed by atoms with Crippen LogP contribution in [0.3, 0.4) is 0 Å². The van der Waals surface area contributed by atoms with Crippen LogP contribution >= 0.6 is 0 Å². The van der Waals surface area contributed by atoms with Gasteiger partial charge < -0.3 is 25.0 Å². The van der Waals surface area contributed by atoms with Gasteiger partial charge in [-0.05, 0) is 73.4 Å². The quantitative estimate of drug-likeness (QED) is 0.687. The van der Waals surface area contributed by atoms with Crippen LogP contribution in [0.25, 0.3) is 5.57 Å². The smallest absolute Gasteiger partial charge is 0.274 e. The fourth-order valence-electron chi connectivity index (χ4n) is 4.21. The van der Waals surface area contributed by atoms with Crippen LogP contribution in [0.5, 0.6) is 0 Å². The number of aryl methyl sites for hydroxylation is 1. The summed E-state index contributed by atoms with van der Waals surface area (Å²) in [5, 5.41) is 23.1. The number of anilines is 1. The van der Waals surface area contributed by atoms with Gasteiger partial charge in [-0.1, -0.05) is 6.07 Å². The monoisotopic (exact) mass is 473 g/mol. The second-order valence-electron chi connectivity index (χ2n) is 9.44. The number of nitrogens with one attached hydrogen (secondary N) is 1. The normalized spacial score (nSPS) is 18.5. The number of morpholine rings is 1. The van der Waals surface area contributed by atoms with Crippen LogP contribution in [0, 0.1) is 18.3 Å². The number of aromatic nitrogens is 1. The van der Waals surface area contributed by atoms with Gasteiger partial charge in [0.2, 0.25) is 0 Å². The van der Waals surface area contributed by atoms with Crippen LogP contribution < -0.4 is 5.32 Å². The summed E-state index contributed by atoms with van der Waals surface area (Å²) in [6, 6.07) is 11.4. The molecule has 1 amide bonds. The summed E-state index contributed by atoms with van der Waals surface area (Å²) in [5.74, 6) is -0.342. The summed E-state index contributed by atoms with van der Waals surface area (Å²) < 4.78 is 5.46. The molecule has 2 aromatic rings. The largest absolute Gasteiger partial charge is 0.378 e. The van der Waals surface area contributed by atoms with E-state index in [1.807, 2.05) is 44.4 Å². The van der Waals surface area contributed by atoms with E-state index in [2.05, 4.69) is 21.3 Å². The lowest BCUT2D eigenvalue weighted by Crippen LogP contribution is -2.44. The molecule has 4 rings (SSSR count). The van der Waals surface area contributed by atoms with Crippen LogP contribution in [-0.2, 0) is 10.2 Å². The predicted molar refractivity (Wildman–Crippen MR) is 134 cm³/mol. The molecule has 1 unspecified atom stereocenters. The summed E-state index contributed by atoms with van der Waals surface area (Å²) >= 11 is 0. The number of hydrogen-bond acceptors (Lipinski definition) is 7. The highest BCUT2D eigenvalue weighted by molar-refractivity contribution is 6.03. The summed E-state index contributed by atoms with van der Waals surface area (Å²) in [5.41, 5.74) is 4.70. The number of aliphatic hydroxyl groups excluding tert-OH is 1. The molecule has 0 bridgehead atoms. The number of nitriles is 1. The van der Waals surface area contributed by atoms with E-state index in [0.717, 1.165) is 41.1 Å². The number of allylic oxidation sites excluding steroid dienone is 2. The van der Waals surface area contributed by atoms with Gasteiger partial charge in [-0.3, -0.25) is 9.78 Å². The van der Waals surface area contributed by atoms with Crippen molar-refractivity contribution in [2.24, 2.45) is 0 Å². The van der Waals surface area contributed by atoms with E-state index >= 15 is 0 Å². The molecule has 2 N–H and O–H groups in total. The van der Waals surface area contributed by atoms with Crippen molar-refractivity contribution in [3.8, 4) is 6.07 Å². The van der Waals surface area contributed by atoms with E-state index in [0.29, 0.717) is 18.9 Å². The van der Waals surface area contributed by atoms with Gasteiger partial charge in [0.05, 0.1) is 30.4 Å². The highest BCUT2D eigenvalue weighted by Gasteiger charge is 2.27. The second kappa shape index (κ2) is 9.90. The van der Waals surface area contributed by atoms with Crippen molar-refractivity contribution < 1.29 is 14.6 Å². The Kier molecular flexibility index (Phi) is 6.92. The zero-order valence-corrected chi connectivity index (χ0v) is 20.6. The lowest BCUT2D eigenvalue weighted by molar-refractivity contribution is 0.0128.